The summed E-state index contributed by atoms with van der Waals surface area (Å²) in [5.41, 5.74) is 4.02. The van der Waals surface area contributed by atoms with Crippen LogP contribution in [0.25, 0.3) is 0 Å². The number of halogens is 3. The van der Waals surface area contributed by atoms with Crippen LogP contribution < -0.4 is 0 Å². The van der Waals surface area contributed by atoms with E-state index < -0.39 is 12.7 Å². The summed E-state index contributed by atoms with van der Waals surface area (Å²) in [6, 6.07) is 5.83. The van der Waals surface area contributed by atoms with Crippen molar-refractivity contribution < 1.29 is 17.9 Å². The molecule has 1 rings (SSSR count). The van der Waals surface area contributed by atoms with E-state index in [-0.39, 0.29) is 12.5 Å². The van der Waals surface area contributed by atoms with Crippen molar-refractivity contribution in [1.82, 2.24) is 4.90 Å². The van der Waals surface area contributed by atoms with Crippen LogP contribution in [-0.4, -0.2) is 31.3 Å². The summed E-state index contributed by atoms with van der Waals surface area (Å²) in [5, 5.41) is 0. The van der Waals surface area contributed by atoms with E-state index in [0.29, 0.717) is 18.7 Å². The van der Waals surface area contributed by atoms with Crippen LogP contribution in [0.15, 0.2) is 42.7 Å². The van der Waals surface area contributed by atoms with Crippen LogP contribution in [0, 0.1) is 12.8 Å². The Kier molecular flexibility index (Phi) is 7.74. The van der Waals surface area contributed by atoms with E-state index in [0.717, 1.165) is 22.3 Å². The van der Waals surface area contributed by atoms with Gasteiger partial charge in [0, 0.05) is 12.5 Å². The van der Waals surface area contributed by atoms with Crippen LogP contribution in [0.5, 0.6) is 0 Å². The molecule has 0 saturated carbocycles. The number of ether oxygens (including phenoxy) is 1. The molecule has 1 unspecified atom stereocenters. The molecule has 0 amide bonds. The quantitative estimate of drug-likeness (QED) is 0.442. The van der Waals surface area contributed by atoms with Gasteiger partial charge in [-0.15, -0.1) is 0 Å². The van der Waals surface area contributed by atoms with E-state index in [1.54, 1.807) is 14.0 Å². The highest BCUT2D eigenvalue weighted by Gasteiger charge is 2.30. The average molecular weight is 355 g/mol. The van der Waals surface area contributed by atoms with E-state index >= 15 is 0 Å². The number of methoxy groups -OCH3 is 1. The minimum Gasteiger partial charge on any atom is -0.501 e. The third-order valence-electron chi connectivity index (χ3n) is 4.33. The lowest BCUT2D eigenvalue weighted by Gasteiger charge is -2.23. The summed E-state index contributed by atoms with van der Waals surface area (Å²) in [7, 11) is 1.59. The first-order valence-corrected chi connectivity index (χ1v) is 8.33. The first kappa shape index (κ1) is 21.3. The molecule has 0 bridgehead atoms. The molecule has 1 aromatic rings. The van der Waals surface area contributed by atoms with Gasteiger partial charge in [-0.05, 0) is 43.5 Å². The predicted octanol–water partition coefficient (Wildman–Crippen LogP) is 5.27. The number of allylic oxidation sites excluding steroid dienone is 1. The van der Waals surface area contributed by atoms with Crippen molar-refractivity contribution in [1.29, 1.82) is 0 Å². The summed E-state index contributed by atoms with van der Waals surface area (Å²) >= 11 is 0. The Bertz CT molecular complexity index is 607. The Morgan fingerprint density at radius 1 is 1.28 bits per heavy atom. The topological polar surface area (TPSA) is 12.5 Å². The molecular weight excluding hydrogens is 327 g/mol. The van der Waals surface area contributed by atoms with Crippen LogP contribution in [0.3, 0.4) is 0 Å². The van der Waals surface area contributed by atoms with E-state index in [1.807, 2.05) is 32.0 Å². The van der Waals surface area contributed by atoms with Crippen LogP contribution in [-0.2, 0) is 17.7 Å². The van der Waals surface area contributed by atoms with Crippen molar-refractivity contribution in [3.05, 3.63) is 59.4 Å². The summed E-state index contributed by atoms with van der Waals surface area (Å²) in [5.74, 6) is 0.685. The van der Waals surface area contributed by atoms with Crippen molar-refractivity contribution in [3.63, 3.8) is 0 Å². The molecule has 2 nitrogen and oxygen atoms in total. The van der Waals surface area contributed by atoms with Gasteiger partial charge in [-0.25, -0.2) is 0 Å². The molecular formula is C20H28F3NO. The highest BCUT2D eigenvalue weighted by Crippen LogP contribution is 2.26. The zero-order chi connectivity index (χ0) is 19.2. The van der Waals surface area contributed by atoms with Crippen LogP contribution in [0.1, 0.15) is 30.5 Å². The van der Waals surface area contributed by atoms with Gasteiger partial charge in [-0.2, -0.15) is 13.2 Å². The first-order valence-electron chi connectivity index (χ1n) is 8.33. The maximum absolute atomic E-state index is 12.6. The van der Waals surface area contributed by atoms with Crippen molar-refractivity contribution in [2.75, 3.05) is 20.2 Å². The van der Waals surface area contributed by atoms with Crippen molar-refractivity contribution >= 4 is 0 Å². The number of benzene rings is 1. The Morgan fingerprint density at radius 2 is 1.92 bits per heavy atom. The fraction of sp³-hybridized carbons (Fsp3) is 0.500. The smallest absolute Gasteiger partial charge is 0.401 e. The van der Waals surface area contributed by atoms with Gasteiger partial charge < -0.3 is 4.74 Å². The minimum atomic E-state index is -4.18. The molecule has 5 heteroatoms. The molecule has 0 N–H and O–H groups in total. The second-order valence-electron chi connectivity index (χ2n) is 6.45. The normalized spacial score (nSPS) is 13.0. The van der Waals surface area contributed by atoms with Gasteiger partial charge in [0.05, 0.1) is 19.4 Å². The molecule has 0 saturated heterocycles. The highest BCUT2D eigenvalue weighted by atomic mass is 19.4. The van der Waals surface area contributed by atoms with Gasteiger partial charge in [0.2, 0.25) is 0 Å². The zero-order valence-electron chi connectivity index (χ0n) is 15.5. The zero-order valence-corrected chi connectivity index (χ0v) is 15.5. The number of aryl methyl sites for hydroxylation is 1. The first-order chi connectivity index (χ1) is 11.6. The molecule has 0 spiro atoms. The molecule has 0 aromatic heterocycles. The van der Waals surface area contributed by atoms with Crippen molar-refractivity contribution in [2.24, 2.45) is 5.92 Å². The van der Waals surface area contributed by atoms with Crippen LogP contribution >= 0.6 is 0 Å². The van der Waals surface area contributed by atoms with Crippen LogP contribution in [0.4, 0.5) is 13.2 Å². The molecule has 0 aliphatic carbocycles. The summed E-state index contributed by atoms with van der Waals surface area (Å²) < 4.78 is 43.0. The Balaban J connectivity index is 2.89. The van der Waals surface area contributed by atoms with Crippen molar-refractivity contribution in [2.45, 2.75) is 39.9 Å². The van der Waals surface area contributed by atoms with E-state index in [1.165, 1.54) is 4.90 Å². The molecule has 0 aliphatic rings. The number of rotatable bonds is 9. The summed E-state index contributed by atoms with van der Waals surface area (Å²) in [6.07, 6.45) is -3.46. The minimum absolute atomic E-state index is 0.0203. The Morgan fingerprint density at radius 3 is 2.36 bits per heavy atom. The fourth-order valence-electron chi connectivity index (χ4n) is 2.80. The van der Waals surface area contributed by atoms with Crippen molar-refractivity contribution in [3.8, 4) is 0 Å². The second-order valence-corrected chi connectivity index (χ2v) is 6.45. The summed E-state index contributed by atoms with van der Waals surface area (Å²) in [6.45, 7) is 13.3. The molecule has 1 aromatic carbocycles. The molecule has 0 heterocycles. The van der Waals surface area contributed by atoms with E-state index in [2.05, 4.69) is 13.2 Å². The van der Waals surface area contributed by atoms with Gasteiger partial charge in [0.25, 0.3) is 0 Å². The van der Waals surface area contributed by atoms with E-state index in [9.17, 15) is 13.2 Å². The number of nitrogens with zero attached hydrogens (tertiary/aromatic N) is 1. The van der Waals surface area contributed by atoms with Gasteiger partial charge in [-0.1, -0.05) is 43.9 Å². The van der Waals surface area contributed by atoms with Gasteiger partial charge in [0.15, 0.2) is 0 Å². The standard InChI is InChI=1S/C20H28F3NO/c1-7-24(13-20(21,22)23)12-17-8-9-18(15(4)10-17)11-19(14(2)3)16(5)25-6/h8-10,19H,2,5,7,11-13H2,1,3-4,6H3. The number of hydrogen-bond donors (Lipinski definition) is 0. The third kappa shape index (κ3) is 6.94. The SMILES string of the molecule is C=C(C)C(Cc1ccc(CN(CC)CC(F)(F)F)cc1C)C(=C)OC. The number of hydrogen-bond acceptors (Lipinski definition) is 2. The van der Waals surface area contributed by atoms with E-state index in [4.69, 9.17) is 4.74 Å². The van der Waals surface area contributed by atoms with Crippen LogP contribution in [0.2, 0.25) is 0 Å². The molecule has 0 fully saturated rings. The lowest BCUT2D eigenvalue weighted by atomic mass is 9.89. The van der Waals surface area contributed by atoms with Gasteiger partial charge in [0.1, 0.15) is 0 Å². The molecule has 140 valence electrons. The largest absolute Gasteiger partial charge is 0.501 e. The maximum atomic E-state index is 12.6. The third-order valence-corrected chi connectivity index (χ3v) is 4.33. The average Bonchev–Trinajstić information content (AvgIpc) is 2.51. The second kappa shape index (κ2) is 9.09. The Hall–Kier alpha value is -1.75. The summed E-state index contributed by atoms with van der Waals surface area (Å²) in [4.78, 5) is 1.39. The number of alkyl halides is 3. The molecule has 25 heavy (non-hydrogen) atoms. The maximum Gasteiger partial charge on any atom is 0.401 e. The van der Waals surface area contributed by atoms with Gasteiger partial charge in [-0.3, -0.25) is 4.90 Å². The lowest BCUT2D eigenvalue weighted by Crippen LogP contribution is -2.33. The Labute approximate surface area is 149 Å². The lowest BCUT2D eigenvalue weighted by molar-refractivity contribution is -0.146. The predicted molar refractivity (Wildman–Crippen MR) is 96.3 cm³/mol. The molecule has 0 aliphatic heterocycles. The fourth-order valence-corrected chi connectivity index (χ4v) is 2.80. The van der Waals surface area contributed by atoms with Gasteiger partial charge >= 0.3 is 6.18 Å². The monoisotopic (exact) mass is 355 g/mol. The molecule has 1 atom stereocenters. The highest BCUT2D eigenvalue weighted by molar-refractivity contribution is 5.33. The molecule has 0 radical (unpaired) electrons.